The molecule has 94 valence electrons. The Bertz CT molecular complexity index is 498. The van der Waals surface area contributed by atoms with Crippen LogP contribution in [-0.2, 0) is 22.0 Å². The SMILES string of the molecule is O=P(O)(O)C1(P(=O)(O)O)Cc2cccnc2C1. The predicted octanol–water partition coefficient (Wildman–Crippen LogP) is 0.232. The summed E-state index contributed by atoms with van der Waals surface area (Å²) in [4.78, 5) is 38.6. The summed E-state index contributed by atoms with van der Waals surface area (Å²) in [5.74, 6) is 0. The fourth-order valence-electron chi connectivity index (χ4n) is 2.01. The minimum absolute atomic E-state index is 0.333. The van der Waals surface area contributed by atoms with Gasteiger partial charge in [-0.05, 0) is 11.6 Å². The number of hydrogen-bond donors (Lipinski definition) is 4. The average Bonchev–Trinajstić information content (AvgIpc) is 2.55. The van der Waals surface area contributed by atoms with Crippen molar-refractivity contribution in [3.8, 4) is 0 Å². The molecule has 0 bridgehead atoms. The van der Waals surface area contributed by atoms with E-state index in [1.165, 1.54) is 6.20 Å². The van der Waals surface area contributed by atoms with Gasteiger partial charge in [0.2, 0.25) is 0 Å². The second-order valence-electron chi connectivity index (χ2n) is 4.03. The van der Waals surface area contributed by atoms with Crippen molar-refractivity contribution in [3.05, 3.63) is 29.6 Å². The number of pyridine rings is 1. The van der Waals surface area contributed by atoms with E-state index in [1.54, 1.807) is 12.1 Å². The number of nitrogens with zero attached hydrogens (tertiary/aromatic N) is 1. The summed E-state index contributed by atoms with van der Waals surface area (Å²) < 4.78 is 22.9. The highest BCUT2D eigenvalue weighted by atomic mass is 31.2. The Kier molecular flexibility index (Phi) is 2.82. The van der Waals surface area contributed by atoms with Crippen LogP contribution in [-0.4, -0.2) is 29.5 Å². The van der Waals surface area contributed by atoms with E-state index in [0.29, 0.717) is 11.3 Å². The lowest BCUT2D eigenvalue weighted by molar-refractivity contribution is 0.309. The zero-order valence-corrected chi connectivity index (χ0v) is 10.4. The maximum absolute atomic E-state index is 11.4. The largest absolute Gasteiger partial charge is 0.344 e. The van der Waals surface area contributed by atoms with Crippen LogP contribution in [0.25, 0.3) is 0 Å². The summed E-state index contributed by atoms with van der Waals surface area (Å²) in [6.45, 7) is 0. The van der Waals surface area contributed by atoms with Gasteiger partial charge in [-0.15, -0.1) is 0 Å². The molecule has 0 saturated heterocycles. The Morgan fingerprint density at radius 1 is 1.12 bits per heavy atom. The lowest BCUT2D eigenvalue weighted by Crippen LogP contribution is -2.29. The van der Waals surface area contributed by atoms with Gasteiger partial charge in [0.25, 0.3) is 0 Å². The van der Waals surface area contributed by atoms with Crippen molar-refractivity contribution >= 4 is 15.2 Å². The maximum Gasteiger partial charge on any atom is 0.344 e. The molecule has 0 atom stereocenters. The molecule has 2 rings (SSSR count). The molecular weight excluding hydrogens is 268 g/mol. The van der Waals surface area contributed by atoms with Gasteiger partial charge in [0.05, 0.1) is 0 Å². The van der Waals surface area contributed by atoms with Crippen molar-refractivity contribution in [3.63, 3.8) is 0 Å². The molecule has 7 nitrogen and oxygen atoms in total. The van der Waals surface area contributed by atoms with Gasteiger partial charge >= 0.3 is 15.2 Å². The molecular formula is C8H11NO6P2. The van der Waals surface area contributed by atoms with Gasteiger partial charge in [-0.3, -0.25) is 14.1 Å². The van der Waals surface area contributed by atoms with Crippen LogP contribution in [0.1, 0.15) is 11.3 Å². The summed E-state index contributed by atoms with van der Waals surface area (Å²) in [6.07, 6.45) is 0.663. The van der Waals surface area contributed by atoms with Crippen molar-refractivity contribution in [1.29, 1.82) is 0 Å². The highest BCUT2D eigenvalue weighted by Gasteiger charge is 2.63. The molecule has 9 heteroatoms. The molecule has 0 aliphatic heterocycles. The predicted molar refractivity (Wildman–Crippen MR) is 58.5 cm³/mol. The molecule has 1 aliphatic rings. The van der Waals surface area contributed by atoms with E-state index in [4.69, 9.17) is 0 Å². The van der Waals surface area contributed by atoms with E-state index in [1.807, 2.05) is 0 Å². The van der Waals surface area contributed by atoms with Crippen LogP contribution in [0.5, 0.6) is 0 Å². The van der Waals surface area contributed by atoms with Gasteiger partial charge in [0, 0.05) is 24.7 Å². The quantitative estimate of drug-likeness (QED) is 0.570. The zero-order chi connectivity index (χ0) is 12.9. The first-order chi connectivity index (χ1) is 7.67. The van der Waals surface area contributed by atoms with Crippen LogP contribution < -0.4 is 0 Å². The molecule has 0 radical (unpaired) electrons. The summed E-state index contributed by atoms with van der Waals surface area (Å²) in [5, 5.41) is 0. The Labute approximate surface area is 96.8 Å². The van der Waals surface area contributed by atoms with Crippen LogP contribution >= 0.6 is 15.2 Å². The monoisotopic (exact) mass is 279 g/mol. The Hall–Kier alpha value is -0.550. The summed E-state index contributed by atoms with van der Waals surface area (Å²) in [6, 6.07) is 3.13. The molecule has 0 aromatic carbocycles. The molecule has 0 spiro atoms. The van der Waals surface area contributed by atoms with Crippen molar-refractivity contribution < 1.29 is 28.7 Å². The molecule has 1 aromatic rings. The van der Waals surface area contributed by atoms with Gasteiger partial charge in [-0.2, -0.15) is 0 Å². The molecule has 0 saturated carbocycles. The van der Waals surface area contributed by atoms with Crippen LogP contribution in [0.2, 0.25) is 0 Å². The number of fused-ring (bicyclic) bond motifs is 1. The van der Waals surface area contributed by atoms with E-state index in [9.17, 15) is 28.7 Å². The van der Waals surface area contributed by atoms with Crippen LogP contribution in [0, 0.1) is 0 Å². The Morgan fingerprint density at radius 2 is 1.71 bits per heavy atom. The highest BCUT2D eigenvalue weighted by Crippen LogP contribution is 2.73. The molecule has 17 heavy (non-hydrogen) atoms. The van der Waals surface area contributed by atoms with Gasteiger partial charge in [-0.1, -0.05) is 6.07 Å². The van der Waals surface area contributed by atoms with Crippen molar-refractivity contribution in [2.24, 2.45) is 0 Å². The summed E-state index contributed by atoms with van der Waals surface area (Å²) in [7, 11) is -9.90. The van der Waals surface area contributed by atoms with Gasteiger partial charge in [0.1, 0.15) is 0 Å². The third-order valence-corrected chi connectivity index (χ3v) is 7.36. The fraction of sp³-hybridized carbons (Fsp3) is 0.375. The Morgan fingerprint density at radius 3 is 2.18 bits per heavy atom. The molecule has 0 amide bonds. The standard InChI is InChI=1S/C8H11NO6P2/c10-16(11,12)8(17(13,14)15)4-6-2-1-3-9-7(6)5-8/h1-3H,4-5H2,(H2,10,11,12)(H2,13,14,15). The van der Waals surface area contributed by atoms with E-state index in [-0.39, 0.29) is 6.42 Å². The molecule has 4 N–H and O–H groups in total. The Balaban J connectivity index is 2.58. The topological polar surface area (TPSA) is 128 Å². The highest BCUT2D eigenvalue weighted by molar-refractivity contribution is 7.72. The van der Waals surface area contributed by atoms with Gasteiger partial charge in [0.15, 0.2) is 4.90 Å². The first-order valence-electron chi connectivity index (χ1n) is 4.71. The van der Waals surface area contributed by atoms with Gasteiger partial charge < -0.3 is 19.6 Å². The number of hydrogen-bond acceptors (Lipinski definition) is 3. The number of aromatic nitrogens is 1. The second-order valence-corrected chi connectivity index (χ2v) is 8.27. The lowest BCUT2D eigenvalue weighted by Gasteiger charge is -2.29. The minimum atomic E-state index is -4.95. The normalized spacial score (nSPS) is 19.1. The van der Waals surface area contributed by atoms with Crippen LogP contribution in [0.15, 0.2) is 18.3 Å². The molecule has 0 fully saturated rings. The smallest absolute Gasteiger partial charge is 0.324 e. The average molecular weight is 279 g/mol. The zero-order valence-electron chi connectivity index (χ0n) is 8.59. The summed E-state index contributed by atoms with van der Waals surface area (Å²) in [5.41, 5.74) is 0.804. The maximum atomic E-state index is 11.4. The third-order valence-electron chi connectivity index (χ3n) is 2.99. The van der Waals surface area contributed by atoms with Gasteiger partial charge in [-0.25, -0.2) is 0 Å². The van der Waals surface area contributed by atoms with Crippen molar-refractivity contribution in [1.82, 2.24) is 4.98 Å². The molecule has 1 heterocycles. The molecule has 1 aliphatic carbocycles. The first kappa shape index (κ1) is 12.9. The summed E-state index contributed by atoms with van der Waals surface area (Å²) >= 11 is 0. The van der Waals surface area contributed by atoms with E-state index in [0.717, 1.165) is 0 Å². The molecule has 1 aromatic heterocycles. The van der Waals surface area contributed by atoms with E-state index >= 15 is 0 Å². The van der Waals surface area contributed by atoms with Crippen molar-refractivity contribution in [2.45, 2.75) is 17.7 Å². The van der Waals surface area contributed by atoms with E-state index < -0.39 is 26.5 Å². The fourth-order valence-corrected chi connectivity index (χ4v) is 4.83. The van der Waals surface area contributed by atoms with E-state index in [2.05, 4.69) is 4.98 Å². The number of rotatable bonds is 2. The lowest BCUT2D eigenvalue weighted by atomic mass is 10.2. The van der Waals surface area contributed by atoms with Crippen molar-refractivity contribution in [2.75, 3.05) is 0 Å². The second kappa shape index (κ2) is 3.72. The molecule has 0 unspecified atom stereocenters. The first-order valence-corrected chi connectivity index (χ1v) is 7.94. The minimum Gasteiger partial charge on any atom is -0.324 e. The van der Waals surface area contributed by atoms with Crippen LogP contribution in [0.4, 0.5) is 0 Å². The van der Waals surface area contributed by atoms with Crippen LogP contribution in [0.3, 0.4) is 0 Å². The third kappa shape index (κ3) is 1.89.